The van der Waals surface area contributed by atoms with E-state index in [2.05, 4.69) is 6.58 Å². The van der Waals surface area contributed by atoms with Crippen molar-refractivity contribution in [1.82, 2.24) is 0 Å². The number of carboxylic acid groups (broad SMARTS) is 2. The monoisotopic (exact) mass is 273 g/mol. The van der Waals surface area contributed by atoms with E-state index in [9.17, 15) is 24.6 Å². The number of quaternary nitrogens is 1. The van der Waals surface area contributed by atoms with Crippen molar-refractivity contribution in [2.24, 2.45) is 0 Å². The first-order valence-corrected chi connectivity index (χ1v) is 5.63. The highest BCUT2D eigenvalue weighted by atomic mass is 16.5. The minimum absolute atomic E-state index is 0.144. The number of ether oxygens (including phenoxy) is 1. The number of aliphatic carboxylic acids is 2. The second-order valence-corrected chi connectivity index (χ2v) is 4.83. The number of carboxylic acids is 2. The lowest BCUT2D eigenvalue weighted by atomic mass is 9.92. The first-order valence-electron chi connectivity index (χ1n) is 5.63. The van der Waals surface area contributed by atoms with Gasteiger partial charge in [0.1, 0.15) is 5.97 Å². The van der Waals surface area contributed by atoms with Gasteiger partial charge in [-0.1, -0.05) is 13.5 Å². The van der Waals surface area contributed by atoms with Gasteiger partial charge in [-0.3, -0.25) is 4.48 Å². The zero-order chi connectivity index (χ0) is 15.4. The molecule has 0 heterocycles. The van der Waals surface area contributed by atoms with Crippen LogP contribution in [0.15, 0.2) is 12.2 Å². The second-order valence-electron chi connectivity index (χ2n) is 4.83. The average Bonchev–Trinajstić information content (AvgIpc) is 2.25. The number of carbonyl (C=O) groups excluding carboxylic acids is 2. The predicted octanol–water partition coefficient (Wildman–Crippen LogP) is -0.877. The van der Waals surface area contributed by atoms with E-state index in [0.29, 0.717) is 0 Å². The van der Waals surface area contributed by atoms with Crippen LogP contribution in [-0.4, -0.2) is 53.9 Å². The normalized spacial score (nSPS) is 14.3. The van der Waals surface area contributed by atoms with Crippen LogP contribution in [0.5, 0.6) is 0 Å². The Hall–Kier alpha value is -1.89. The zero-order valence-electron chi connectivity index (χ0n) is 11.6. The molecule has 0 aliphatic carbocycles. The van der Waals surface area contributed by atoms with E-state index in [4.69, 9.17) is 4.74 Å². The number of rotatable bonds is 7. The van der Waals surface area contributed by atoms with Crippen molar-refractivity contribution < 1.29 is 33.8 Å². The summed E-state index contributed by atoms with van der Waals surface area (Å²) in [5.41, 5.74) is -2.04. The van der Waals surface area contributed by atoms with E-state index in [1.165, 1.54) is 27.9 Å². The topological polar surface area (TPSA) is 104 Å². The Labute approximate surface area is 111 Å². The number of nitrogens with zero attached hydrogens (tertiary/aromatic N) is 1. The highest BCUT2D eigenvalue weighted by Gasteiger charge is 2.53. The molecule has 0 aliphatic rings. The summed E-state index contributed by atoms with van der Waals surface area (Å²) in [4.78, 5) is 33.9. The van der Waals surface area contributed by atoms with Gasteiger partial charge in [-0.05, 0) is 6.92 Å². The lowest BCUT2D eigenvalue weighted by Crippen LogP contribution is -2.72. The molecule has 108 valence electrons. The van der Waals surface area contributed by atoms with E-state index in [0.717, 1.165) is 0 Å². The van der Waals surface area contributed by atoms with Crippen molar-refractivity contribution in [3.8, 4) is 0 Å². The number of hydrogen-bond acceptors (Lipinski definition) is 5. The summed E-state index contributed by atoms with van der Waals surface area (Å²) in [6.07, 6.45) is -0.206. The second kappa shape index (κ2) is 5.83. The molecule has 7 nitrogen and oxygen atoms in total. The maximum absolute atomic E-state index is 11.3. The van der Waals surface area contributed by atoms with Crippen LogP contribution in [0.2, 0.25) is 0 Å². The van der Waals surface area contributed by atoms with Gasteiger partial charge in [0.15, 0.2) is 0 Å². The Morgan fingerprint density at radius 2 is 1.84 bits per heavy atom. The minimum Gasteiger partial charge on any atom is -0.543 e. The third-order valence-electron chi connectivity index (χ3n) is 3.10. The van der Waals surface area contributed by atoms with Gasteiger partial charge in [0, 0.05) is 12.0 Å². The molecule has 1 atom stereocenters. The molecule has 0 amide bonds. The number of esters is 1. The molecule has 0 bridgehead atoms. The molecule has 19 heavy (non-hydrogen) atoms. The van der Waals surface area contributed by atoms with E-state index in [1.807, 2.05) is 0 Å². The molecular weight excluding hydrogens is 254 g/mol. The number of hydrogen-bond donors (Lipinski definition) is 1. The quantitative estimate of drug-likeness (QED) is 0.212. The number of likely N-dealkylation sites (N-methyl/N-ethyl adjacent to an activating group) is 1. The Bertz CT molecular complexity index is 398. The van der Waals surface area contributed by atoms with Gasteiger partial charge in [0.2, 0.25) is 12.3 Å². The van der Waals surface area contributed by atoms with Crippen LogP contribution in [0, 0.1) is 0 Å². The van der Waals surface area contributed by atoms with Crippen LogP contribution in [0.1, 0.15) is 20.3 Å². The molecular formula is C12H19NO6. The molecule has 0 aromatic heterocycles. The lowest BCUT2D eigenvalue weighted by Gasteiger charge is -2.44. The SMILES string of the molecule is C=C(C)C(=O)OC[N+](C)(C)C(CC)(C(=O)[O-])C(=O)O. The van der Waals surface area contributed by atoms with Gasteiger partial charge in [-0.15, -0.1) is 0 Å². The highest BCUT2D eigenvalue weighted by Crippen LogP contribution is 2.25. The summed E-state index contributed by atoms with van der Waals surface area (Å²) in [6, 6.07) is 0. The largest absolute Gasteiger partial charge is 0.543 e. The lowest BCUT2D eigenvalue weighted by molar-refractivity contribution is -0.940. The van der Waals surface area contributed by atoms with Crippen molar-refractivity contribution in [2.75, 3.05) is 20.8 Å². The van der Waals surface area contributed by atoms with Crippen LogP contribution < -0.4 is 5.11 Å². The van der Waals surface area contributed by atoms with E-state index < -0.39 is 34.7 Å². The van der Waals surface area contributed by atoms with Gasteiger partial charge >= 0.3 is 11.9 Å². The fraction of sp³-hybridized carbons (Fsp3) is 0.583. The summed E-state index contributed by atoms with van der Waals surface area (Å²) in [5.74, 6) is -3.97. The Morgan fingerprint density at radius 3 is 2.11 bits per heavy atom. The molecule has 7 heteroatoms. The first kappa shape index (κ1) is 17.1. The average molecular weight is 273 g/mol. The summed E-state index contributed by atoms with van der Waals surface area (Å²) >= 11 is 0. The molecule has 1 unspecified atom stereocenters. The van der Waals surface area contributed by atoms with Crippen molar-refractivity contribution in [1.29, 1.82) is 0 Å². The van der Waals surface area contributed by atoms with E-state index in [-0.39, 0.29) is 12.0 Å². The zero-order valence-corrected chi connectivity index (χ0v) is 11.6. The maximum Gasteiger partial charge on any atom is 0.372 e. The maximum atomic E-state index is 11.3. The van der Waals surface area contributed by atoms with Gasteiger partial charge < -0.3 is 19.7 Å². The molecule has 0 aromatic carbocycles. The smallest absolute Gasteiger partial charge is 0.372 e. The highest BCUT2D eigenvalue weighted by molar-refractivity contribution is 6.00. The van der Waals surface area contributed by atoms with Gasteiger partial charge in [-0.25, -0.2) is 9.59 Å². The van der Waals surface area contributed by atoms with Crippen LogP contribution in [0.4, 0.5) is 0 Å². The number of carbonyl (C=O) groups is 3. The van der Waals surface area contributed by atoms with Gasteiger partial charge in [0.05, 0.1) is 14.1 Å². The molecule has 0 aliphatic heterocycles. The Balaban J connectivity index is 5.32. The molecule has 0 spiro atoms. The Kier molecular flexibility index (Phi) is 5.25. The third-order valence-corrected chi connectivity index (χ3v) is 3.10. The van der Waals surface area contributed by atoms with Crippen LogP contribution >= 0.6 is 0 Å². The summed E-state index contributed by atoms with van der Waals surface area (Å²) in [5, 5.41) is 20.5. The van der Waals surface area contributed by atoms with Crippen LogP contribution in [0.25, 0.3) is 0 Å². The molecule has 0 rings (SSSR count). The molecule has 0 saturated heterocycles. The molecule has 0 radical (unpaired) electrons. The standard InChI is InChI=1S/C12H19NO6/c1-6-12(10(15)16,11(17)18)13(4,5)7-19-9(14)8(2)3/h2,6-7H2,1,3-5H3,(H-,15,16,17,18). The summed E-state index contributed by atoms with van der Waals surface area (Å²) in [7, 11) is 2.69. The van der Waals surface area contributed by atoms with Crippen molar-refractivity contribution in [3.05, 3.63) is 12.2 Å². The van der Waals surface area contributed by atoms with E-state index >= 15 is 0 Å². The van der Waals surface area contributed by atoms with Crippen LogP contribution in [-0.2, 0) is 19.1 Å². The van der Waals surface area contributed by atoms with Gasteiger partial charge in [0.25, 0.3) is 0 Å². The molecule has 0 aromatic rings. The van der Waals surface area contributed by atoms with Crippen molar-refractivity contribution in [3.63, 3.8) is 0 Å². The molecule has 0 fully saturated rings. The van der Waals surface area contributed by atoms with E-state index in [1.54, 1.807) is 0 Å². The fourth-order valence-electron chi connectivity index (χ4n) is 1.77. The Morgan fingerprint density at radius 1 is 1.37 bits per heavy atom. The fourth-order valence-corrected chi connectivity index (χ4v) is 1.77. The summed E-state index contributed by atoms with van der Waals surface area (Å²) in [6.45, 7) is 5.82. The molecule has 1 N–H and O–H groups in total. The molecule has 0 saturated carbocycles. The summed E-state index contributed by atoms with van der Waals surface area (Å²) < 4.78 is 4.27. The van der Waals surface area contributed by atoms with Gasteiger partial charge in [-0.2, -0.15) is 0 Å². The van der Waals surface area contributed by atoms with Crippen molar-refractivity contribution in [2.45, 2.75) is 25.8 Å². The third kappa shape index (κ3) is 3.11. The van der Waals surface area contributed by atoms with Crippen LogP contribution in [0.3, 0.4) is 0 Å². The minimum atomic E-state index is -2.19. The predicted molar refractivity (Wildman–Crippen MR) is 63.5 cm³/mol. The first-order chi connectivity index (χ1) is 8.52. The van der Waals surface area contributed by atoms with Crippen molar-refractivity contribution >= 4 is 17.9 Å².